The molecule has 0 aromatic heterocycles. The first-order valence-corrected chi connectivity index (χ1v) is 12.1. The van der Waals surface area contributed by atoms with E-state index in [2.05, 4.69) is 0 Å². The van der Waals surface area contributed by atoms with Gasteiger partial charge < -0.3 is 0 Å². The van der Waals surface area contributed by atoms with Crippen LogP contribution < -0.4 is 5.01 Å². The molecule has 0 atom stereocenters. The third-order valence-electron chi connectivity index (χ3n) is 6.71. The van der Waals surface area contributed by atoms with Crippen LogP contribution in [0.25, 0.3) is 10.8 Å². The topological polar surface area (TPSA) is 78.0 Å². The van der Waals surface area contributed by atoms with Crippen molar-refractivity contribution in [2.24, 2.45) is 5.92 Å². The molecule has 4 aromatic rings. The van der Waals surface area contributed by atoms with Gasteiger partial charge in [-0.1, -0.05) is 50.2 Å². The molecule has 0 N–H and O–H groups in total. The van der Waals surface area contributed by atoms with Gasteiger partial charge in [-0.15, -0.1) is 0 Å². The highest BCUT2D eigenvalue weighted by atomic mass is 16.2. The zero-order valence-corrected chi connectivity index (χ0v) is 20.3. The molecule has 0 fully saturated rings. The van der Waals surface area contributed by atoms with E-state index < -0.39 is 23.6 Å². The van der Waals surface area contributed by atoms with E-state index in [0.29, 0.717) is 33.3 Å². The summed E-state index contributed by atoms with van der Waals surface area (Å²) < 4.78 is 0. The Balaban J connectivity index is 1.55. The number of hydrazine groups is 1. The molecule has 0 aliphatic carbocycles. The van der Waals surface area contributed by atoms with Crippen molar-refractivity contribution in [2.75, 3.05) is 11.6 Å². The van der Waals surface area contributed by atoms with Crippen LogP contribution in [0.15, 0.2) is 84.9 Å². The van der Waals surface area contributed by atoms with Crippen LogP contribution in [0.1, 0.15) is 55.3 Å². The summed E-state index contributed by atoms with van der Waals surface area (Å²) in [5.74, 6) is -1.78. The fraction of sp³-hybridized carbons (Fsp3) is 0.133. The lowest BCUT2D eigenvalue weighted by Gasteiger charge is -2.38. The molecule has 0 spiro atoms. The predicted octanol–water partition coefficient (Wildman–Crippen LogP) is 5.44. The van der Waals surface area contributed by atoms with Gasteiger partial charge in [-0.05, 0) is 54.4 Å². The van der Waals surface area contributed by atoms with Gasteiger partial charge in [0.05, 0.1) is 22.5 Å². The second kappa shape index (κ2) is 8.41. The maximum absolute atomic E-state index is 14.0. The number of carbonyl (C=O) groups is 4. The number of hydrogen-bond donors (Lipinski definition) is 0. The predicted molar refractivity (Wildman–Crippen MR) is 140 cm³/mol. The zero-order valence-electron chi connectivity index (χ0n) is 20.3. The Morgan fingerprint density at radius 1 is 0.568 bits per heavy atom. The lowest BCUT2D eigenvalue weighted by atomic mass is 9.86. The van der Waals surface area contributed by atoms with Crippen molar-refractivity contribution < 1.29 is 19.2 Å². The number of benzene rings is 4. The van der Waals surface area contributed by atoms with E-state index >= 15 is 0 Å². The number of carbonyl (C=O) groups excluding carboxylic acids is 4. The Morgan fingerprint density at radius 3 is 1.32 bits per heavy atom. The van der Waals surface area contributed by atoms with Crippen molar-refractivity contribution in [1.29, 1.82) is 0 Å². The van der Waals surface area contributed by atoms with E-state index in [0.717, 1.165) is 5.01 Å². The van der Waals surface area contributed by atoms with Crippen LogP contribution in [0.3, 0.4) is 0 Å². The molecular formula is C30H23N3O4. The summed E-state index contributed by atoms with van der Waals surface area (Å²) in [7, 11) is 0. The molecule has 0 bridgehead atoms. The number of para-hydroxylation sites is 2. The van der Waals surface area contributed by atoms with E-state index in [-0.39, 0.29) is 23.6 Å². The molecule has 37 heavy (non-hydrogen) atoms. The van der Waals surface area contributed by atoms with E-state index in [1.807, 2.05) is 74.5 Å². The average Bonchev–Trinajstić information content (AvgIpc) is 2.91. The summed E-state index contributed by atoms with van der Waals surface area (Å²) in [6.45, 7) is 4.16. The minimum atomic E-state index is -0.529. The molecule has 0 unspecified atom stereocenters. The highest BCUT2D eigenvalue weighted by molar-refractivity contribution is 6.33. The van der Waals surface area contributed by atoms with Gasteiger partial charge in [-0.3, -0.25) is 24.1 Å². The highest BCUT2D eigenvalue weighted by Gasteiger charge is 2.42. The summed E-state index contributed by atoms with van der Waals surface area (Å²) >= 11 is 0. The molecule has 0 saturated carbocycles. The third kappa shape index (κ3) is 3.35. The molecule has 4 amide bonds. The maximum Gasteiger partial charge on any atom is 0.280 e. The first-order chi connectivity index (χ1) is 17.9. The fourth-order valence-corrected chi connectivity index (χ4v) is 5.14. The molecule has 7 nitrogen and oxygen atoms in total. The monoisotopic (exact) mass is 489 g/mol. The van der Waals surface area contributed by atoms with Gasteiger partial charge in [0.2, 0.25) is 0 Å². The third-order valence-corrected chi connectivity index (χ3v) is 6.71. The molecule has 2 aliphatic heterocycles. The number of anilines is 2. The number of nitrogens with zero attached hydrogens (tertiary/aromatic N) is 3. The lowest BCUT2D eigenvalue weighted by Crippen LogP contribution is -2.50. The second-order valence-corrected chi connectivity index (χ2v) is 9.59. The molecule has 4 aromatic carbocycles. The molecule has 182 valence electrons. The maximum atomic E-state index is 14.0. The molecule has 6 rings (SSSR count). The van der Waals surface area contributed by atoms with Crippen molar-refractivity contribution in [3.05, 3.63) is 107 Å². The largest absolute Gasteiger partial charge is 0.280 e. The Bertz CT molecular complexity index is 1500. The van der Waals surface area contributed by atoms with Gasteiger partial charge >= 0.3 is 0 Å². The first kappa shape index (κ1) is 22.7. The van der Waals surface area contributed by atoms with E-state index in [1.165, 1.54) is 4.90 Å². The molecule has 0 radical (unpaired) electrons. The van der Waals surface area contributed by atoms with Crippen LogP contribution in [0.5, 0.6) is 0 Å². The first-order valence-electron chi connectivity index (χ1n) is 12.1. The van der Waals surface area contributed by atoms with Crippen molar-refractivity contribution >= 4 is 45.8 Å². The Morgan fingerprint density at radius 2 is 0.946 bits per heavy atom. The van der Waals surface area contributed by atoms with E-state index in [9.17, 15) is 19.2 Å². The summed E-state index contributed by atoms with van der Waals surface area (Å²) in [6.07, 6.45) is 0. The summed E-state index contributed by atoms with van der Waals surface area (Å²) in [5, 5.41) is 3.45. The number of amides is 4. The Labute approximate surface area is 213 Å². The Hall–Kier alpha value is -4.78. The van der Waals surface area contributed by atoms with Crippen LogP contribution in [-0.4, -0.2) is 40.1 Å². The van der Waals surface area contributed by atoms with Crippen molar-refractivity contribution in [2.45, 2.75) is 13.8 Å². The van der Waals surface area contributed by atoms with Crippen LogP contribution >= 0.6 is 0 Å². The normalized spacial score (nSPS) is 14.7. The second-order valence-electron chi connectivity index (χ2n) is 9.59. The fourth-order valence-electron chi connectivity index (χ4n) is 5.14. The van der Waals surface area contributed by atoms with Gasteiger partial charge in [0.15, 0.2) is 0 Å². The average molecular weight is 490 g/mol. The molecule has 7 heteroatoms. The van der Waals surface area contributed by atoms with Crippen LogP contribution in [-0.2, 0) is 0 Å². The summed E-state index contributed by atoms with van der Waals surface area (Å²) in [6, 6.07) is 24.7. The van der Waals surface area contributed by atoms with Crippen LogP contribution in [0.4, 0.5) is 11.4 Å². The van der Waals surface area contributed by atoms with Gasteiger partial charge in [-0.25, -0.2) is 5.01 Å². The van der Waals surface area contributed by atoms with E-state index in [1.54, 1.807) is 29.3 Å². The molecule has 2 aliphatic rings. The number of rotatable bonds is 5. The quantitative estimate of drug-likeness (QED) is 0.349. The number of hydrogen-bond acceptors (Lipinski definition) is 5. The molecule has 0 saturated heterocycles. The summed E-state index contributed by atoms with van der Waals surface area (Å²) in [5.41, 5.74) is 2.47. The van der Waals surface area contributed by atoms with Crippen molar-refractivity contribution in [1.82, 2.24) is 9.91 Å². The zero-order chi connectivity index (χ0) is 25.8. The van der Waals surface area contributed by atoms with Crippen molar-refractivity contribution in [3.63, 3.8) is 0 Å². The van der Waals surface area contributed by atoms with Crippen LogP contribution in [0.2, 0.25) is 0 Å². The van der Waals surface area contributed by atoms with Gasteiger partial charge in [0.25, 0.3) is 23.6 Å². The standard InChI is InChI=1S/C30H23N3O4/c1-18(2)17-31-27(34)21-13-15-23-26-24(16-14-22(25(21)26)28(31)35)30(37)33(29(23)36)32(19-9-5-3-6-10-19)20-11-7-4-8-12-20/h3-16,18H,17H2,1-2H3. The molecule has 2 heterocycles. The Kier molecular flexibility index (Phi) is 5.15. The SMILES string of the molecule is CC(C)CN1C(=O)c2ccc3c4c(ccc(c24)C1=O)C(=O)N(N(c1ccccc1)c1ccccc1)C3=O. The minimum absolute atomic E-state index is 0.0982. The molecular weight excluding hydrogens is 466 g/mol. The van der Waals surface area contributed by atoms with Crippen LogP contribution in [0, 0.1) is 5.92 Å². The summed E-state index contributed by atoms with van der Waals surface area (Å²) in [4.78, 5) is 55.8. The smallest absolute Gasteiger partial charge is 0.274 e. The van der Waals surface area contributed by atoms with Gasteiger partial charge in [-0.2, -0.15) is 5.01 Å². The lowest BCUT2D eigenvalue weighted by molar-refractivity contribution is 0.0578. The van der Waals surface area contributed by atoms with Gasteiger partial charge in [0, 0.05) is 28.4 Å². The van der Waals surface area contributed by atoms with Crippen molar-refractivity contribution in [3.8, 4) is 0 Å². The number of imide groups is 2. The van der Waals surface area contributed by atoms with Gasteiger partial charge in [0.1, 0.15) is 0 Å². The minimum Gasteiger partial charge on any atom is -0.274 e. The van der Waals surface area contributed by atoms with E-state index in [4.69, 9.17) is 0 Å². The highest BCUT2D eigenvalue weighted by Crippen LogP contribution is 2.40.